The van der Waals surface area contributed by atoms with Crippen LogP contribution in [0.4, 0.5) is 5.69 Å². The van der Waals surface area contributed by atoms with Crippen molar-refractivity contribution < 1.29 is 4.79 Å². The molecule has 5 heteroatoms. The molecule has 1 aliphatic heterocycles. The lowest BCUT2D eigenvalue weighted by molar-refractivity contribution is -0.117. The second-order valence-corrected chi connectivity index (χ2v) is 5.01. The zero-order chi connectivity index (χ0) is 14.1. The third-order valence-corrected chi connectivity index (χ3v) is 3.38. The third kappa shape index (κ3) is 2.40. The van der Waals surface area contributed by atoms with Crippen LogP contribution in [-0.4, -0.2) is 28.5 Å². The molecule has 2 heterocycles. The Hall–Kier alpha value is -2.27. The lowest BCUT2D eigenvalue weighted by atomic mass is 10.1. The molecule has 0 radical (unpaired) electrons. The van der Waals surface area contributed by atoms with Crippen molar-refractivity contribution in [2.45, 2.75) is 19.4 Å². The van der Waals surface area contributed by atoms with Crippen molar-refractivity contribution in [3.8, 4) is 11.3 Å². The first-order chi connectivity index (χ1) is 9.63. The van der Waals surface area contributed by atoms with Gasteiger partial charge in [0.2, 0.25) is 5.91 Å². The van der Waals surface area contributed by atoms with Crippen LogP contribution < -0.4 is 10.6 Å². The Labute approximate surface area is 117 Å². The zero-order valence-electron chi connectivity index (χ0n) is 11.3. The molecule has 1 aromatic carbocycles. The molecule has 1 aliphatic rings. The van der Waals surface area contributed by atoms with Crippen molar-refractivity contribution in [1.82, 2.24) is 9.97 Å². The smallest absolute Gasteiger partial charge is 0.228 e. The van der Waals surface area contributed by atoms with Crippen LogP contribution in [0.2, 0.25) is 0 Å². The first-order valence-electron chi connectivity index (χ1n) is 6.59. The van der Waals surface area contributed by atoms with Crippen LogP contribution in [0, 0.1) is 6.92 Å². The van der Waals surface area contributed by atoms with Gasteiger partial charge in [-0.3, -0.25) is 4.79 Å². The van der Waals surface area contributed by atoms with Crippen molar-refractivity contribution in [3.05, 3.63) is 42.4 Å². The van der Waals surface area contributed by atoms with Gasteiger partial charge in [0.25, 0.3) is 0 Å². The third-order valence-electron chi connectivity index (χ3n) is 3.38. The van der Waals surface area contributed by atoms with Gasteiger partial charge < -0.3 is 10.6 Å². The van der Waals surface area contributed by atoms with E-state index < -0.39 is 0 Å². The quantitative estimate of drug-likeness (QED) is 0.896. The molecular formula is C15H16N4O. The van der Waals surface area contributed by atoms with Crippen LogP contribution in [0.3, 0.4) is 0 Å². The highest BCUT2D eigenvalue weighted by Gasteiger charge is 2.28. The lowest BCUT2D eigenvalue weighted by Gasteiger charge is -2.17. The molecule has 102 valence electrons. The number of aryl methyl sites for hydroxylation is 1. The predicted molar refractivity (Wildman–Crippen MR) is 77.2 cm³/mol. The summed E-state index contributed by atoms with van der Waals surface area (Å²) in [5.41, 5.74) is 8.54. The van der Waals surface area contributed by atoms with Gasteiger partial charge in [-0.05, 0) is 25.1 Å². The zero-order valence-corrected chi connectivity index (χ0v) is 11.3. The van der Waals surface area contributed by atoms with Crippen LogP contribution in [0.15, 0.2) is 36.5 Å². The molecule has 0 saturated carbocycles. The number of nitrogens with two attached hydrogens (primary N) is 1. The normalized spacial score (nSPS) is 18.6. The Morgan fingerprint density at radius 1 is 1.35 bits per heavy atom. The highest BCUT2D eigenvalue weighted by atomic mass is 16.2. The van der Waals surface area contributed by atoms with Crippen molar-refractivity contribution in [1.29, 1.82) is 0 Å². The SMILES string of the molecule is Cc1nccc(-c2cccc(N3CC(N)CC3=O)c2)n1. The van der Waals surface area contributed by atoms with Gasteiger partial charge in [-0.2, -0.15) is 0 Å². The Morgan fingerprint density at radius 3 is 2.90 bits per heavy atom. The minimum Gasteiger partial charge on any atom is -0.326 e. The van der Waals surface area contributed by atoms with Gasteiger partial charge in [-0.1, -0.05) is 12.1 Å². The molecule has 2 aromatic rings. The molecule has 1 saturated heterocycles. The fourth-order valence-electron chi connectivity index (χ4n) is 2.43. The Morgan fingerprint density at radius 2 is 2.20 bits per heavy atom. The van der Waals surface area contributed by atoms with E-state index >= 15 is 0 Å². The fourth-order valence-corrected chi connectivity index (χ4v) is 2.43. The summed E-state index contributed by atoms with van der Waals surface area (Å²) in [6, 6.07) is 9.59. The molecule has 0 aliphatic carbocycles. The molecular weight excluding hydrogens is 252 g/mol. The molecule has 20 heavy (non-hydrogen) atoms. The molecule has 5 nitrogen and oxygen atoms in total. The number of rotatable bonds is 2. The van der Waals surface area contributed by atoms with E-state index in [4.69, 9.17) is 5.73 Å². The summed E-state index contributed by atoms with van der Waals surface area (Å²) in [7, 11) is 0. The number of anilines is 1. The number of aromatic nitrogens is 2. The summed E-state index contributed by atoms with van der Waals surface area (Å²) in [4.78, 5) is 22.1. The summed E-state index contributed by atoms with van der Waals surface area (Å²) >= 11 is 0. The summed E-state index contributed by atoms with van der Waals surface area (Å²) in [5.74, 6) is 0.806. The molecule has 1 aromatic heterocycles. The molecule has 1 amide bonds. The lowest BCUT2D eigenvalue weighted by Crippen LogP contribution is -2.27. The topological polar surface area (TPSA) is 72.1 Å². The first kappa shape index (κ1) is 12.7. The number of benzene rings is 1. The van der Waals surface area contributed by atoms with Crippen LogP contribution in [-0.2, 0) is 4.79 Å². The van der Waals surface area contributed by atoms with Crippen molar-refractivity contribution in [2.24, 2.45) is 5.73 Å². The average molecular weight is 268 g/mol. The number of amides is 1. The summed E-state index contributed by atoms with van der Waals surface area (Å²) in [6.45, 7) is 2.43. The minimum absolute atomic E-state index is 0.0764. The molecule has 1 unspecified atom stereocenters. The van der Waals surface area contributed by atoms with Gasteiger partial charge in [0.05, 0.1) is 5.69 Å². The van der Waals surface area contributed by atoms with Gasteiger partial charge in [0.15, 0.2) is 0 Å². The molecule has 0 bridgehead atoms. The van der Waals surface area contributed by atoms with E-state index in [1.165, 1.54) is 0 Å². The summed E-state index contributed by atoms with van der Waals surface area (Å²) < 4.78 is 0. The largest absolute Gasteiger partial charge is 0.326 e. The maximum atomic E-state index is 11.9. The Bertz CT molecular complexity index is 656. The van der Waals surface area contributed by atoms with Crippen LogP contribution in [0.1, 0.15) is 12.2 Å². The predicted octanol–water partition coefficient (Wildman–Crippen LogP) is 1.52. The van der Waals surface area contributed by atoms with Gasteiger partial charge in [0.1, 0.15) is 5.82 Å². The molecule has 1 fully saturated rings. The van der Waals surface area contributed by atoms with E-state index in [1.54, 1.807) is 11.1 Å². The van der Waals surface area contributed by atoms with Crippen LogP contribution >= 0.6 is 0 Å². The number of carbonyl (C=O) groups excluding carboxylic acids is 1. The number of nitrogens with zero attached hydrogens (tertiary/aromatic N) is 3. The summed E-state index contributed by atoms with van der Waals surface area (Å²) in [5, 5.41) is 0. The first-order valence-corrected chi connectivity index (χ1v) is 6.59. The van der Waals surface area contributed by atoms with Gasteiger partial charge in [0, 0.05) is 36.5 Å². The average Bonchev–Trinajstić information content (AvgIpc) is 2.78. The molecule has 3 rings (SSSR count). The van der Waals surface area contributed by atoms with Crippen LogP contribution in [0.25, 0.3) is 11.3 Å². The van der Waals surface area contributed by atoms with Gasteiger partial charge in [-0.25, -0.2) is 9.97 Å². The van der Waals surface area contributed by atoms with E-state index in [0.29, 0.717) is 13.0 Å². The second kappa shape index (κ2) is 5.02. The molecule has 1 atom stereocenters. The van der Waals surface area contributed by atoms with Crippen molar-refractivity contribution >= 4 is 11.6 Å². The molecule has 0 spiro atoms. The number of hydrogen-bond donors (Lipinski definition) is 1. The molecule has 2 N–H and O–H groups in total. The highest BCUT2D eigenvalue weighted by Crippen LogP contribution is 2.26. The van der Waals surface area contributed by atoms with E-state index in [2.05, 4.69) is 9.97 Å². The van der Waals surface area contributed by atoms with E-state index in [9.17, 15) is 4.79 Å². The number of carbonyl (C=O) groups is 1. The van der Waals surface area contributed by atoms with E-state index in [1.807, 2.05) is 37.3 Å². The minimum atomic E-state index is -0.0764. The fraction of sp³-hybridized carbons (Fsp3) is 0.267. The monoisotopic (exact) mass is 268 g/mol. The highest BCUT2D eigenvalue weighted by molar-refractivity contribution is 5.96. The van der Waals surface area contributed by atoms with Crippen molar-refractivity contribution in [2.75, 3.05) is 11.4 Å². The van der Waals surface area contributed by atoms with Gasteiger partial charge in [-0.15, -0.1) is 0 Å². The Kier molecular flexibility index (Phi) is 3.20. The second-order valence-electron chi connectivity index (χ2n) is 5.01. The standard InChI is InChI=1S/C15H16N4O/c1-10-17-6-5-14(18-10)11-3-2-4-13(7-11)19-9-12(16)8-15(19)20/h2-7,12H,8-9,16H2,1H3. The number of hydrogen-bond acceptors (Lipinski definition) is 4. The maximum absolute atomic E-state index is 11.9. The maximum Gasteiger partial charge on any atom is 0.228 e. The van der Waals surface area contributed by atoms with Gasteiger partial charge >= 0.3 is 0 Å². The Balaban J connectivity index is 1.96. The van der Waals surface area contributed by atoms with Crippen molar-refractivity contribution in [3.63, 3.8) is 0 Å². The summed E-state index contributed by atoms with van der Waals surface area (Å²) in [6.07, 6.45) is 2.15. The van der Waals surface area contributed by atoms with E-state index in [-0.39, 0.29) is 11.9 Å². The van der Waals surface area contributed by atoms with Crippen LogP contribution in [0.5, 0.6) is 0 Å². The van der Waals surface area contributed by atoms with E-state index in [0.717, 1.165) is 22.8 Å².